The molecule has 1 aliphatic rings. The summed E-state index contributed by atoms with van der Waals surface area (Å²) in [6.45, 7) is 3.24. The number of hydrogen-bond acceptors (Lipinski definition) is 2. The first kappa shape index (κ1) is 11.2. The van der Waals surface area contributed by atoms with Gasteiger partial charge in [0.2, 0.25) is 0 Å². The van der Waals surface area contributed by atoms with Gasteiger partial charge in [-0.3, -0.25) is 4.21 Å². The Morgan fingerprint density at radius 3 is 2.85 bits per heavy atom. The van der Waals surface area contributed by atoms with Gasteiger partial charge in [0.1, 0.15) is 0 Å². The highest BCUT2D eigenvalue weighted by Crippen LogP contribution is 2.23. The van der Waals surface area contributed by atoms with Gasteiger partial charge in [-0.25, -0.2) is 0 Å². The van der Waals surface area contributed by atoms with Gasteiger partial charge < -0.3 is 5.32 Å². The van der Waals surface area contributed by atoms with E-state index in [1.807, 2.05) is 0 Å². The lowest BCUT2D eigenvalue weighted by Crippen LogP contribution is -2.35. The molecule has 0 heterocycles. The first-order valence-corrected chi connectivity index (χ1v) is 6.94. The molecule has 3 unspecified atom stereocenters. The fourth-order valence-corrected chi connectivity index (χ4v) is 2.43. The van der Waals surface area contributed by atoms with Gasteiger partial charge in [-0.15, -0.1) is 0 Å². The van der Waals surface area contributed by atoms with E-state index >= 15 is 0 Å². The fourth-order valence-electron chi connectivity index (χ4n) is 2.03. The van der Waals surface area contributed by atoms with E-state index < -0.39 is 10.8 Å². The van der Waals surface area contributed by atoms with Crippen LogP contribution in [-0.2, 0) is 10.8 Å². The third-order valence-corrected chi connectivity index (χ3v) is 3.54. The summed E-state index contributed by atoms with van der Waals surface area (Å²) >= 11 is 0. The summed E-state index contributed by atoms with van der Waals surface area (Å²) in [5, 5.41) is 3.49. The van der Waals surface area contributed by atoms with Crippen LogP contribution in [0.3, 0.4) is 0 Å². The van der Waals surface area contributed by atoms with Crippen molar-refractivity contribution in [3.05, 3.63) is 0 Å². The highest BCUT2D eigenvalue weighted by atomic mass is 32.2. The van der Waals surface area contributed by atoms with Crippen LogP contribution in [0.2, 0.25) is 0 Å². The predicted octanol–water partition coefficient (Wildman–Crippen LogP) is 1.53. The predicted molar refractivity (Wildman–Crippen MR) is 58.4 cm³/mol. The standard InChI is InChI=1S/C10H21NOS/c1-9-4-3-5-10(8-9)11-6-7-13(2)12/h9-11H,3-8H2,1-2H3. The summed E-state index contributed by atoms with van der Waals surface area (Å²) in [5.74, 6) is 1.67. The van der Waals surface area contributed by atoms with Gasteiger partial charge in [-0.05, 0) is 18.8 Å². The maximum absolute atomic E-state index is 10.8. The first-order valence-electron chi connectivity index (χ1n) is 5.22. The summed E-state index contributed by atoms with van der Waals surface area (Å²) in [6, 6.07) is 0.687. The molecule has 0 aromatic carbocycles. The van der Waals surface area contributed by atoms with Crippen molar-refractivity contribution in [3.8, 4) is 0 Å². The van der Waals surface area contributed by atoms with Crippen LogP contribution in [0.25, 0.3) is 0 Å². The van der Waals surface area contributed by atoms with Crippen LogP contribution in [0.4, 0.5) is 0 Å². The summed E-state index contributed by atoms with van der Waals surface area (Å²) < 4.78 is 10.8. The fraction of sp³-hybridized carbons (Fsp3) is 1.00. The van der Waals surface area contributed by atoms with Crippen molar-refractivity contribution in [2.75, 3.05) is 18.6 Å². The second-order valence-corrected chi connectivity index (χ2v) is 5.75. The third-order valence-electron chi connectivity index (χ3n) is 2.76. The molecule has 0 spiro atoms. The molecule has 78 valence electrons. The molecule has 1 aliphatic carbocycles. The Hall–Kier alpha value is 0.110. The van der Waals surface area contributed by atoms with Crippen LogP contribution < -0.4 is 5.32 Å². The monoisotopic (exact) mass is 203 g/mol. The van der Waals surface area contributed by atoms with E-state index in [1.165, 1.54) is 25.7 Å². The van der Waals surface area contributed by atoms with E-state index in [4.69, 9.17) is 0 Å². The van der Waals surface area contributed by atoms with Gasteiger partial charge in [0.25, 0.3) is 0 Å². The van der Waals surface area contributed by atoms with Crippen LogP contribution in [-0.4, -0.2) is 28.8 Å². The molecule has 0 bridgehead atoms. The van der Waals surface area contributed by atoms with Crippen molar-refractivity contribution in [2.24, 2.45) is 5.92 Å². The normalized spacial score (nSPS) is 31.5. The van der Waals surface area contributed by atoms with Gasteiger partial charge >= 0.3 is 0 Å². The summed E-state index contributed by atoms with van der Waals surface area (Å²) in [4.78, 5) is 0. The summed E-state index contributed by atoms with van der Waals surface area (Å²) in [6.07, 6.45) is 7.12. The zero-order valence-electron chi connectivity index (χ0n) is 8.71. The highest BCUT2D eigenvalue weighted by Gasteiger charge is 2.17. The van der Waals surface area contributed by atoms with Crippen molar-refractivity contribution in [1.29, 1.82) is 0 Å². The van der Waals surface area contributed by atoms with E-state index in [9.17, 15) is 4.21 Å². The van der Waals surface area contributed by atoms with Crippen LogP contribution >= 0.6 is 0 Å². The topological polar surface area (TPSA) is 29.1 Å². The van der Waals surface area contributed by atoms with E-state index in [-0.39, 0.29) is 0 Å². The zero-order valence-corrected chi connectivity index (χ0v) is 9.53. The first-order chi connectivity index (χ1) is 6.18. The van der Waals surface area contributed by atoms with Gasteiger partial charge in [-0.2, -0.15) is 0 Å². The van der Waals surface area contributed by atoms with Gasteiger partial charge in [-0.1, -0.05) is 19.8 Å². The van der Waals surface area contributed by atoms with Crippen molar-refractivity contribution < 1.29 is 4.21 Å². The van der Waals surface area contributed by atoms with Crippen molar-refractivity contribution in [3.63, 3.8) is 0 Å². The quantitative estimate of drug-likeness (QED) is 0.751. The van der Waals surface area contributed by atoms with Gasteiger partial charge in [0.15, 0.2) is 0 Å². The second kappa shape index (κ2) is 5.76. The molecule has 1 N–H and O–H groups in total. The molecule has 0 saturated heterocycles. The number of nitrogens with one attached hydrogen (secondary N) is 1. The molecule has 1 saturated carbocycles. The van der Waals surface area contributed by atoms with Crippen LogP contribution in [0.5, 0.6) is 0 Å². The molecule has 0 aromatic heterocycles. The Labute approximate surface area is 83.9 Å². The molecule has 2 nitrogen and oxygen atoms in total. The largest absolute Gasteiger partial charge is 0.313 e. The lowest BCUT2D eigenvalue weighted by molar-refractivity contribution is 0.306. The summed E-state index contributed by atoms with van der Waals surface area (Å²) in [5.41, 5.74) is 0. The smallest absolute Gasteiger partial charge is 0.0357 e. The third kappa shape index (κ3) is 4.77. The molecule has 1 fully saturated rings. The lowest BCUT2D eigenvalue weighted by Gasteiger charge is -2.27. The zero-order chi connectivity index (χ0) is 9.68. The lowest BCUT2D eigenvalue weighted by atomic mass is 9.87. The maximum Gasteiger partial charge on any atom is 0.0357 e. The van der Waals surface area contributed by atoms with Crippen LogP contribution in [0.1, 0.15) is 32.6 Å². The minimum atomic E-state index is -0.641. The molecular weight excluding hydrogens is 182 g/mol. The SMILES string of the molecule is CC1CCCC(NCCS(C)=O)C1. The van der Waals surface area contributed by atoms with E-state index in [0.29, 0.717) is 6.04 Å². The number of rotatable bonds is 4. The van der Waals surface area contributed by atoms with Crippen LogP contribution in [0, 0.1) is 5.92 Å². The average molecular weight is 203 g/mol. The van der Waals surface area contributed by atoms with Crippen molar-refractivity contribution in [2.45, 2.75) is 38.6 Å². The van der Waals surface area contributed by atoms with E-state index in [1.54, 1.807) is 6.26 Å². The van der Waals surface area contributed by atoms with E-state index in [0.717, 1.165) is 18.2 Å². The average Bonchev–Trinajstić information content (AvgIpc) is 2.03. The highest BCUT2D eigenvalue weighted by molar-refractivity contribution is 7.84. The molecule has 1 rings (SSSR count). The molecule has 0 aliphatic heterocycles. The minimum Gasteiger partial charge on any atom is -0.313 e. The van der Waals surface area contributed by atoms with Crippen molar-refractivity contribution >= 4 is 10.8 Å². The molecule has 0 radical (unpaired) electrons. The van der Waals surface area contributed by atoms with E-state index in [2.05, 4.69) is 12.2 Å². The Balaban J connectivity index is 2.10. The molecule has 3 heteroatoms. The molecular formula is C10H21NOS. The van der Waals surface area contributed by atoms with Gasteiger partial charge in [0, 0.05) is 35.4 Å². The second-order valence-electron chi connectivity index (χ2n) is 4.20. The Morgan fingerprint density at radius 2 is 2.23 bits per heavy atom. The summed E-state index contributed by atoms with van der Waals surface area (Å²) in [7, 11) is -0.641. The molecule has 13 heavy (non-hydrogen) atoms. The Bertz CT molecular complexity index is 172. The Morgan fingerprint density at radius 1 is 1.46 bits per heavy atom. The van der Waals surface area contributed by atoms with Gasteiger partial charge in [0.05, 0.1) is 0 Å². The Kier molecular flexibility index (Phi) is 4.96. The number of hydrogen-bond donors (Lipinski definition) is 1. The minimum absolute atomic E-state index is 0.641. The molecule has 0 amide bonds. The molecule has 3 atom stereocenters. The van der Waals surface area contributed by atoms with Crippen molar-refractivity contribution in [1.82, 2.24) is 5.32 Å². The maximum atomic E-state index is 10.8. The van der Waals surface area contributed by atoms with Crippen LogP contribution in [0.15, 0.2) is 0 Å². The molecule has 0 aromatic rings.